The molecular weight excluding hydrogens is 360 g/mol. The molecule has 0 aliphatic rings. The number of hydrogen-bond acceptors (Lipinski definition) is 5. The molecule has 3 aromatic rings. The van der Waals surface area contributed by atoms with Crippen molar-refractivity contribution in [3.8, 4) is 11.5 Å². The number of benzene rings is 2. The normalized spacial score (nSPS) is 11.0. The van der Waals surface area contributed by atoms with Gasteiger partial charge >= 0.3 is 0 Å². The second-order valence-corrected chi connectivity index (χ2v) is 6.48. The van der Waals surface area contributed by atoms with Crippen molar-refractivity contribution in [3.63, 3.8) is 0 Å². The van der Waals surface area contributed by atoms with Gasteiger partial charge in [0.15, 0.2) is 0 Å². The fourth-order valence-electron chi connectivity index (χ4n) is 2.30. The summed E-state index contributed by atoms with van der Waals surface area (Å²) in [7, 11) is 3.14. The van der Waals surface area contributed by atoms with Crippen LogP contribution in [0.5, 0.6) is 11.5 Å². The highest BCUT2D eigenvalue weighted by atomic mass is 35.5. The molecule has 1 aromatic heterocycles. The lowest BCUT2D eigenvalue weighted by Gasteiger charge is -2.06. The van der Waals surface area contributed by atoms with Gasteiger partial charge in [0, 0.05) is 21.7 Å². The molecule has 0 aliphatic carbocycles. The molecule has 1 N–H and O–H groups in total. The Morgan fingerprint density at radius 2 is 2.00 bits per heavy atom. The van der Waals surface area contributed by atoms with Crippen molar-refractivity contribution >= 4 is 45.1 Å². The molecule has 25 heavy (non-hydrogen) atoms. The third kappa shape index (κ3) is 3.60. The molecule has 0 unspecified atom stereocenters. The quantitative estimate of drug-likeness (QED) is 0.534. The second kappa shape index (κ2) is 7.55. The summed E-state index contributed by atoms with van der Waals surface area (Å²) in [4.78, 5) is 12.8. The molecule has 0 aliphatic heterocycles. The first-order chi connectivity index (χ1) is 12.1. The predicted octanol–water partition coefficient (Wildman–Crippen LogP) is 4.34. The van der Waals surface area contributed by atoms with Crippen LogP contribution in [0.3, 0.4) is 0 Å². The minimum atomic E-state index is -0.352. The van der Waals surface area contributed by atoms with E-state index in [2.05, 4.69) is 10.5 Å². The zero-order valence-corrected chi connectivity index (χ0v) is 15.1. The van der Waals surface area contributed by atoms with Crippen molar-refractivity contribution in [2.75, 3.05) is 14.2 Å². The number of rotatable bonds is 5. The van der Waals surface area contributed by atoms with E-state index in [-0.39, 0.29) is 5.91 Å². The zero-order valence-electron chi connectivity index (χ0n) is 13.6. The lowest BCUT2D eigenvalue weighted by atomic mass is 10.2. The van der Waals surface area contributed by atoms with Gasteiger partial charge in [-0.2, -0.15) is 5.10 Å². The number of hydrogen-bond donors (Lipinski definition) is 1. The Kier molecular flexibility index (Phi) is 5.21. The summed E-state index contributed by atoms with van der Waals surface area (Å²) in [6, 6.07) is 12.9. The van der Waals surface area contributed by atoms with E-state index in [9.17, 15) is 4.79 Å². The van der Waals surface area contributed by atoms with Gasteiger partial charge in [-0.05, 0) is 18.2 Å². The summed E-state index contributed by atoms with van der Waals surface area (Å²) in [5.74, 6) is 0.919. The minimum absolute atomic E-state index is 0.352. The van der Waals surface area contributed by atoms with E-state index < -0.39 is 0 Å². The number of nitrogens with one attached hydrogen (secondary N) is 1. The molecule has 0 atom stereocenters. The molecule has 0 fully saturated rings. The van der Waals surface area contributed by atoms with Crippen molar-refractivity contribution in [1.82, 2.24) is 5.43 Å². The SMILES string of the molecule is COc1ccc(/C=N\NC(=O)c2sc3ccccc3c2Cl)c(OC)c1. The molecule has 3 rings (SSSR count). The van der Waals surface area contributed by atoms with Crippen LogP contribution in [-0.2, 0) is 0 Å². The number of amides is 1. The number of fused-ring (bicyclic) bond motifs is 1. The lowest BCUT2D eigenvalue weighted by molar-refractivity contribution is 0.0959. The Bertz CT molecular complexity index is 953. The molecule has 1 heterocycles. The third-order valence-corrected chi connectivity index (χ3v) is 5.23. The van der Waals surface area contributed by atoms with E-state index in [1.54, 1.807) is 32.4 Å². The van der Waals surface area contributed by atoms with E-state index in [1.807, 2.05) is 24.3 Å². The Hall–Kier alpha value is -2.57. The van der Waals surface area contributed by atoms with Crippen LogP contribution in [-0.4, -0.2) is 26.3 Å². The first-order valence-electron chi connectivity index (χ1n) is 7.36. The molecule has 0 spiro atoms. The van der Waals surface area contributed by atoms with Gasteiger partial charge in [0.25, 0.3) is 5.91 Å². The largest absolute Gasteiger partial charge is 0.497 e. The highest BCUT2D eigenvalue weighted by molar-refractivity contribution is 7.21. The number of thiophene rings is 1. The molecule has 2 aromatic carbocycles. The molecule has 1 amide bonds. The highest BCUT2D eigenvalue weighted by Gasteiger charge is 2.16. The Labute approximate surface area is 153 Å². The summed E-state index contributed by atoms with van der Waals surface area (Å²) in [6.07, 6.45) is 1.51. The smallest absolute Gasteiger partial charge is 0.283 e. The van der Waals surface area contributed by atoms with Crippen molar-refractivity contribution in [3.05, 3.63) is 57.9 Å². The topological polar surface area (TPSA) is 59.9 Å². The van der Waals surface area contributed by atoms with Gasteiger partial charge in [0.05, 0.1) is 25.5 Å². The second-order valence-electron chi connectivity index (χ2n) is 5.05. The number of halogens is 1. The Balaban J connectivity index is 1.77. The van der Waals surface area contributed by atoms with Gasteiger partial charge in [-0.1, -0.05) is 29.8 Å². The van der Waals surface area contributed by atoms with Crippen LogP contribution in [0, 0.1) is 0 Å². The fourth-order valence-corrected chi connectivity index (χ4v) is 3.70. The zero-order chi connectivity index (χ0) is 17.8. The van der Waals surface area contributed by atoms with Crippen molar-refractivity contribution < 1.29 is 14.3 Å². The summed E-state index contributed by atoms with van der Waals surface area (Å²) < 4.78 is 11.4. The minimum Gasteiger partial charge on any atom is -0.497 e. The van der Waals surface area contributed by atoms with E-state index in [4.69, 9.17) is 21.1 Å². The molecule has 0 bridgehead atoms. The Morgan fingerprint density at radius 1 is 1.20 bits per heavy atom. The first kappa shape index (κ1) is 17.3. The van der Waals surface area contributed by atoms with Gasteiger partial charge in [0.1, 0.15) is 16.4 Å². The van der Waals surface area contributed by atoms with Crippen LogP contribution < -0.4 is 14.9 Å². The van der Waals surface area contributed by atoms with Crippen LogP contribution in [0.4, 0.5) is 0 Å². The number of carbonyl (C=O) groups excluding carboxylic acids is 1. The van der Waals surface area contributed by atoms with Crippen LogP contribution in [0.15, 0.2) is 47.6 Å². The summed E-state index contributed by atoms with van der Waals surface area (Å²) >= 11 is 7.62. The summed E-state index contributed by atoms with van der Waals surface area (Å²) in [5.41, 5.74) is 3.21. The van der Waals surface area contributed by atoms with Crippen molar-refractivity contribution in [1.29, 1.82) is 0 Å². The summed E-state index contributed by atoms with van der Waals surface area (Å²) in [5, 5.41) is 5.30. The Morgan fingerprint density at radius 3 is 2.72 bits per heavy atom. The van der Waals surface area contributed by atoms with Crippen molar-refractivity contribution in [2.45, 2.75) is 0 Å². The number of carbonyl (C=O) groups is 1. The number of methoxy groups -OCH3 is 2. The van der Waals surface area contributed by atoms with Crippen LogP contribution in [0.2, 0.25) is 5.02 Å². The average molecular weight is 375 g/mol. The monoisotopic (exact) mass is 374 g/mol. The third-order valence-electron chi connectivity index (χ3n) is 3.55. The first-order valence-corrected chi connectivity index (χ1v) is 8.56. The maximum Gasteiger partial charge on any atom is 0.283 e. The molecule has 5 nitrogen and oxygen atoms in total. The lowest BCUT2D eigenvalue weighted by Crippen LogP contribution is -2.16. The van der Waals surface area contributed by atoms with Gasteiger partial charge in [0.2, 0.25) is 0 Å². The number of nitrogens with zero attached hydrogens (tertiary/aromatic N) is 1. The van der Waals surface area contributed by atoms with E-state index in [1.165, 1.54) is 17.6 Å². The maximum absolute atomic E-state index is 12.3. The van der Waals surface area contributed by atoms with E-state index in [0.717, 1.165) is 10.1 Å². The highest BCUT2D eigenvalue weighted by Crippen LogP contribution is 2.34. The van der Waals surface area contributed by atoms with Crippen LogP contribution >= 0.6 is 22.9 Å². The average Bonchev–Trinajstić information content (AvgIpc) is 2.99. The van der Waals surface area contributed by atoms with Gasteiger partial charge in [-0.25, -0.2) is 5.43 Å². The van der Waals surface area contributed by atoms with E-state index >= 15 is 0 Å². The van der Waals surface area contributed by atoms with Gasteiger partial charge in [-0.15, -0.1) is 11.3 Å². The molecule has 0 radical (unpaired) electrons. The van der Waals surface area contributed by atoms with Gasteiger partial charge in [-0.3, -0.25) is 4.79 Å². The maximum atomic E-state index is 12.3. The van der Waals surface area contributed by atoms with Crippen LogP contribution in [0.1, 0.15) is 15.2 Å². The number of hydrazone groups is 1. The fraction of sp³-hybridized carbons (Fsp3) is 0.111. The molecule has 0 saturated carbocycles. The standard InChI is InChI=1S/C18H15ClN2O3S/c1-23-12-8-7-11(14(9-12)24-2)10-20-21-18(22)17-16(19)13-5-3-4-6-15(13)25-17/h3-10H,1-2H3,(H,21,22)/b20-10-. The predicted molar refractivity (Wildman–Crippen MR) is 101 cm³/mol. The van der Waals surface area contributed by atoms with Crippen molar-refractivity contribution in [2.24, 2.45) is 5.10 Å². The summed E-state index contributed by atoms with van der Waals surface area (Å²) in [6.45, 7) is 0. The van der Waals surface area contributed by atoms with Crippen LogP contribution in [0.25, 0.3) is 10.1 Å². The molecular formula is C18H15ClN2O3S. The van der Waals surface area contributed by atoms with E-state index in [0.29, 0.717) is 27.0 Å². The van der Waals surface area contributed by atoms with Gasteiger partial charge < -0.3 is 9.47 Å². The molecule has 128 valence electrons. The number of ether oxygens (including phenoxy) is 2. The molecule has 0 saturated heterocycles. The molecule has 7 heteroatoms.